The summed E-state index contributed by atoms with van der Waals surface area (Å²) in [5.41, 5.74) is 8.84. The van der Waals surface area contributed by atoms with Crippen molar-refractivity contribution >= 4 is 118 Å². The maximum atomic E-state index is 13.4. The minimum absolute atomic E-state index is 0.0547. The summed E-state index contributed by atoms with van der Waals surface area (Å²) in [6.45, 7) is 4.21. The van der Waals surface area contributed by atoms with Crippen molar-refractivity contribution < 1.29 is 9.59 Å². The van der Waals surface area contributed by atoms with Gasteiger partial charge in [0.25, 0.3) is 0 Å². The molecule has 0 bridgehead atoms. The zero-order valence-corrected chi connectivity index (χ0v) is 30.7. The van der Waals surface area contributed by atoms with Crippen LogP contribution in [0.4, 0.5) is 22.1 Å². The number of thiophene rings is 1. The van der Waals surface area contributed by atoms with Gasteiger partial charge in [0.2, 0.25) is 0 Å². The van der Waals surface area contributed by atoms with E-state index in [2.05, 4.69) is 102 Å². The highest BCUT2D eigenvalue weighted by molar-refractivity contribution is 7.22. The minimum atomic E-state index is -0.250. The Morgan fingerprint density at radius 2 is 1.17 bits per heavy atom. The molecule has 0 aliphatic heterocycles. The largest absolute Gasteiger partial charge is 0.301 e. The van der Waals surface area contributed by atoms with Gasteiger partial charge in [-0.15, -0.1) is 11.3 Å². The molecule has 5 aromatic carbocycles. The van der Waals surface area contributed by atoms with Crippen molar-refractivity contribution in [2.45, 2.75) is 39.5 Å². The van der Waals surface area contributed by atoms with Crippen molar-refractivity contribution in [1.29, 1.82) is 0 Å². The number of benzene rings is 5. The number of hydrogen-bond acceptors (Lipinski definition) is 11. The average Bonchev–Trinajstić information content (AvgIpc) is 3.98. The summed E-state index contributed by atoms with van der Waals surface area (Å²) in [4.78, 5) is 35.0. The van der Waals surface area contributed by atoms with Crippen molar-refractivity contribution in [1.82, 2.24) is 17.5 Å². The van der Waals surface area contributed by atoms with E-state index in [0.717, 1.165) is 96.8 Å². The van der Waals surface area contributed by atoms with Gasteiger partial charge in [0.1, 0.15) is 27.1 Å². The van der Waals surface area contributed by atoms with Crippen molar-refractivity contribution in [2.24, 2.45) is 16.8 Å². The van der Waals surface area contributed by atoms with Crippen LogP contribution in [0.5, 0.6) is 0 Å². The van der Waals surface area contributed by atoms with E-state index in [9.17, 15) is 9.59 Å². The maximum absolute atomic E-state index is 13.4. The van der Waals surface area contributed by atoms with Crippen LogP contribution in [-0.4, -0.2) is 34.8 Å². The Morgan fingerprint density at radius 3 is 1.81 bits per heavy atom. The molecule has 3 aromatic heterocycles. The first-order chi connectivity index (χ1) is 25.4. The molecule has 10 rings (SSSR count). The van der Waals surface area contributed by atoms with E-state index in [1.165, 1.54) is 22.9 Å². The number of anilines is 3. The fraction of sp³-hybridized carbons (Fsp3) is 0.195. The molecular weight excluding hydrogens is 705 g/mol. The third-order valence-corrected chi connectivity index (χ3v) is 12.9. The molecule has 0 saturated heterocycles. The van der Waals surface area contributed by atoms with E-state index in [4.69, 9.17) is 18.1 Å². The number of fused-ring (bicyclic) bond motifs is 7. The molecule has 0 amide bonds. The second-order valence-corrected chi connectivity index (χ2v) is 15.9. The number of carbonyl (C=O) groups excluding carboxylic acids is 2. The van der Waals surface area contributed by atoms with Gasteiger partial charge in [0.15, 0.2) is 17.3 Å². The lowest BCUT2D eigenvalue weighted by molar-refractivity contribution is -0.120. The summed E-state index contributed by atoms with van der Waals surface area (Å²) in [5, 5.41) is 5.07. The first-order valence-electron chi connectivity index (χ1n) is 17.4. The van der Waals surface area contributed by atoms with Crippen LogP contribution in [0.2, 0.25) is 0 Å². The molecule has 0 radical (unpaired) electrons. The fourth-order valence-electron chi connectivity index (χ4n) is 7.97. The molecule has 8 nitrogen and oxygen atoms in total. The van der Waals surface area contributed by atoms with Gasteiger partial charge in [-0.05, 0) is 63.1 Å². The Balaban J connectivity index is 1.19. The number of nitrogens with zero attached hydrogens (tertiary/aromatic N) is 6. The highest BCUT2D eigenvalue weighted by Gasteiger charge is 2.47. The van der Waals surface area contributed by atoms with E-state index in [-0.39, 0.29) is 29.1 Å². The molecule has 2 fully saturated rings. The lowest BCUT2D eigenvalue weighted by Crippen LogP contribution is -2.21. The Labute approximate surface area is 311 Å². The van der Waals surface area contributed by atoms with Crippen molar-refractivity contribution in [3.05, 3.63) is 96.1 Å². The Kier molecular flexibility index (Phi) is 7.38. The number of aromatic nitrogens is 4. The van der Waals surface area contributed by atoms with Gasteiger partial charge >= 0.3 is 0 Å². The predicted octanol–water partition coefficient (Wildman–Crippen LogP) is 10.8. The zero-order valence-electron chi connectivity index (χ0n) is 28.3. The third kappa shape index (κ3) is 4.87. The molecular formula is C41H30N6O2S3. The van der Waals surface area contributed by atoms with Crippen LogP contribution in [-0.2, 0) is 9.59 Å². The van der Waals surface area contributed by atoms with Crippen LogP contribution in [0.15, 0.2) is 89.9 Å². The van der Waals surface area contributed by atoms with E-state index < -0.39 is 0 Å². The van der Waals surface area contributed by atoms with Crippen molar-refractivity contribution in [2.75, 3.05) is 4.90 Å². The highest BCUT2D eigenvalue weighted by Crippen LogP contribution is 2.51. The van der Waals surface area contributed by atoms with E-state index in [0.29, 0.717) is 16.7 Å². The second kappa shape index (κ2) is 12.2. The first-order valence-corrected chi connectivity index (χ1v) is 19.7. The summed E-state index contributed by atoms with van der Waals surface area (Å²) in [7, 11) is 0. The average molecular weight is 735 g/mol. The van der Waals surface area contributed by atoms with Gasteiger partial charge in [0.05, 0.1) is 29.1 Å². The Bertz CT molecular complexity index is 2710. The summed E-state index contributed by atoms with van der Waals surface area (Å²) < 4.78 is 19.1. The topological polar surface area (TPSA) is 101 Å². The summed E-state index contributed by atoms with van der Waals surface area (Å²) in [6.07, 6.45) is 3.44. The van der Waals surface area contributed by atoms with Gasteiger partial charge in [0, 0.05) is 55.2 Å². The monoisotopic (exact) mass is 734 g/mol. The predicted molar refractivity (Wildman–Crippen MR) is 213 cm³/mol. The molecule has 0 spiro atoms. The number of carbonyl (C=O) groups is 2. The number of Topliss-reactive ketones (excluding diaryl/α,β-unsaturated/α-hetero) is 2. The number of hydrogen-bond donors (Lipinski definition) is 0. The molecule has 11 heteroatoms. The molecule has 0 N–H and O–H groups in total. The van der Waals surface area contributed by atoms with Crippen LogP contribution in [0.3, 0.4) is 0 Å². The van der Waals surface area contributed by atoms with Gasteiger partial charge < -0.3 is 4.90 Å². The fourth-order valence-corrected chi connectivity index (χ4v) is 10.5. The molecule has 52 heavy (non-hydrogen) atoms. The van der Waals surface area contributed by atoms with Crippen LogP contribution >= 0.6 is 34.8 Å². The standard InChI is InChI=1S/C41H30N6O2S3/c1-21-11-15-23(16-12-21)47(24-17-13-22(2)14-18-24)41-28-10-6-5-9-27(28)40(50-41)31-19-29-30(33-35(31)45-51-43-33)20-32(36-34(29)44-52-46-36)42-37-38(48)25-7-3-4-8-26(25)39(37)49/h5-6,9-20,25-26H,3-4,7-8H2,1-2H3. The highest BCUT2D eigenvalue weighted by atomic mass is 32.1. The van der Waals surface area contributed by atoms with E-state index in [1.54, 1.807) is 11.3 Å². The number of ketones is 2. The van der Waals surface area contributed by atoms with Crippen LogP contribution in [0.1, 0.15) is 36.8 Å². The Morgan fingerprint density at radius 1 is 0.635 bits per heavy atom. The molecule has 254 valence electrons. The Hall–Kier alpha value is -5.23. The third-order valence-electron chi connectivity index (χ3n) is 10.6. The first kappa shape index (κ1) is 31.5. The molecule has 2 unspecified atom stereocenters. The smallest absolute Gasteiger partial charge is 0.188 e. The quantitative estimate of drug-likeness (QED) is 0.173. The molecule has 2 atom stereocenters. The molecule has 8 aromatic rings. The van der Waals surface area contributed by atoms with Gasteiger partial charge in [-0.3, -0.25) is 9.59 Å². The lowest BCUT2D eigenvalue weighted by Gasteiger charge is -2.24. The van der Waals surface area contributed by atoms with E-state index >= 15 is 0 Å². The summed E-state index contributed by atoms with van der Waals surface area (Å²) in [5.74, 6) is -0.764. The van der Waals surface area contributed by atoms with Crippen molar-refractivity contribution in [3.63, 3.8) is 0 Å². The SMILES string of the molecule is Cc1ccc(N(c2ccc(C)cc2)c2sc(-c3cc4c(cc(N=C5C(=O)C6CCCCC6C5=O)c5nsnc54)c4nsnc34)c3ccccc23)cc1. The lowest BCUT2D eigenvalue weighted by atomic mass is 9.81. The molecule has 2 aliphatic carbocycles. The van der Waals surface area contributed by atoms with Gasteiger partial charge in [-0.2, -0.15) is 17.5 Å². The normalized spacial score (nSPS) is 17.5. The molecule has 2 saturated carbocycles. The zero-order chi connectivity index (χ0) is 35.1. The van der Waals surface area contributed by atoms with Crippen LogP contribution in [0.25, 0.3) is 54.1 Å². The summed E-state index contributed by atoms with van der Waals surface area (Å²) >= 11 is 4.00. The van der Waals surface area contributed by atoms with Gasteiger partial charge in [-0.1, -0.05) is 72.5 Å². The number of rotatable bonds is 5. The second-order valence-electron chi connectivity index (χ2n) is 13.8. The maximum Gasteiger partial charge on any atom is 0.188 e. The number of aliphatic imine (C=N–C) groups is 1. The van der Waals surface area contributed by atoms with Crippen LogP contribution in [0, 0.1) is 25.7 Å². The minimum Gasteiger partial charge on any atom is -0.301 e. The van der Waals surface area contributed by atoms with Crippen LogP contribution < -0.4 is 4.90 Å². The number of aryl methyl sites for hydroxylation is 2. The summed E-state index contributed by atoms with van der Waals surface area (Å²) in [6, 6.07) is 29.9. The van der Waals surface area contributed by atoms with Crippen molar-refractivity contribution in [3.8, 4) is 10.4 Å². The van der Waals surface area contributed by atoms with E-state index in [1.807, 2.05) is 6.07 Å². The molecule has 2 aliphatic rings. The molecule has 3 heterocycles. The van der Waals surface area contributed by atoms with Gasteiger partial charge in [-0.25, -0.2) is 4.99 Å².